The van der Waals surface area contributed by atoms with Gasteiger partial charge in [0.05, 0.1) is 4.83 Å². The second-order valence-corrected chi connectivity index (χ2v) is 8.60. The van der Waals surface area contributed by atoms with Crippen LogP contribution < -0.4 is 10.9 Å². The summed E-state index contributed by atoms with van der Waals surface area (Å²) in [6, 6.07) is 6.82. The van der Waals surface area contributed by atoms with Crippen molar-refractivity contribution in [2.45, 2.75) is 30.8 Å². The van der Waals surface area contributed by atoms with E-state index in [4.69, 9.17) is 11.6 Å². The van der Waals surface area contributed by atoms with Crippen molar-refractivity contribution in [3.05, 3.63) is 34.9 Å². The van der Waals surface area contributed by atoms with E-state index in [-0.39, 0.29) is 28.7 Å². The number of piperazine rings is 1. The fourth-order valence-electron chi connectivity index (χ4n) is 3.39. The average Bonchev–Trinajstić information content (AvgIpc) is 3.03. The zero-order valence-electron chi connectivity index (χ0n) is 14.9. The van der Waals surface area contributed by atoms with Crippen LogP contribution in [0, 0.1) is 5.92 Å². The summed E-state index contributed by atoms with van der Waals surface area (Å²) in [6.07, 6.45) is 0. The number of amides is 2. The summed E-state index contributed by atoms with van der Waals surface area (Å²) < 4.78 is 0. The maximum atomic E-state index is 12.8. The standard InChI is InChI=1S/C18H24BrClN4O2/c1-11(2)15-14(19)16(22-21-15)18(26)24-9-7-23(8-10-24)17(25)12-3-5-13(20)6-4-12/h3-6,11,14-16,21-22H,7-10H2,1-2H3. The minimum absolute atomic E-state index is 0.0207. The van der Waals surface area contributed by atoms with Crippen LogP contribution in [0.1, 0.15) is 24.2 Å². The van der Waals surface area contributed by atoms with Crippen molar-refractivity contribution in [3.8, 4) is 0 Å². The molecule has 2 amide bonds. The number of carbonyl (C=O) groups is 2. The maximum Gasteiger partial charge on any atom is 0.253 e. The van der Waals surface area contributed by atoms with Gasteiger partial charge in [-0.1, -0.05) is 41.4 Å². The Morgan fingerprint density at radius 3 is 2.19 bits per heavy atom. The lowest BCUT2D eigenvalue weighted by molar-refractivity contribution is -0.134. The molecule has 0 aliphatic carbocycles. The summed E-state index contributed by atoms with van der Waals surface area (Å²) in [7, 11) is 0. The second-order valence-electron chi connectivity index (χ2n) is 7.10. The quantitative estimate of drug-likeness (QED) is 0.700. The van der Waals surface area contributed by atoms with E-state index in [1.165, 1.54) is 0 Å². The van der Waals surface area contributed by atoms with Crippen molar-refractivity contribution in [1.29, 1.82) is 0 Å². The molecule has 0 radical (unpaired) electrons. The Labute approximate surface area is 167 Å². The highest BCUT2D eigenvalue weighted by Crippen LogP contribution is 2.23. The van der Waals surface area contributed by atoms with Crippen LogP contribution in [0.15, 0.2) is 24.3 Å². The third-order valence-electron chi connectivity index (χ3n) is 5.02. The van der Waals surface area contributed by atoms with Crippen LogP contribution in [0.3, 0.4) is 0 Å². The lowest BCUT2D eigenvalue weighted by Gasteiger charge is -2.36. The van der Waals surface area contributed by atoms with Crippen LogP contribution in [-0.4, -0.2) is 64.7 Å². The number of carbonyl (C=O) groups excluding carboxylic acids is 2. The number of halogens is 2. The molecule has 0 saturated carbocycles. The van der Waals surface area contributed by atoms with Crippen molar-refractivity contribution in [2.75, 3.05) is 26.2 Å². The molecule has 2 heterocycles. The minimum atomic E-state index is -0.291. The normalized spacial score (nSPS) is 26.4. The number of hydrogen-bond donors (Lipinski definition) is 2. The molecule has 3 atom stereocenters. The predicted molar refractivity (Wildman–Crippen MR) is 105 cm³/mol. The molecule has 3 rings (SSSR count). The van der Waals surface area contributed by atoms with E-state index < -0.39 is 0 Å². The van der Waals surface area contributed by atoms with Crippen LogP contribution >= 0.6 is 27.5 Å². The second kappa shape index (κ2) is 8.25. The largest absolute Gasteiger partial charge is 0.338 e. The van der Waals surface area contributed by atoms with Gasteiger partial charge in [-0.3, -0.25) is 15.0 Å². The minimum Gasteiger partial charge on any atom is -0.338 e. The first-order chi connectivity index (χ1) is 12.4. The average molecular weight is 444 g/mol. The van der Waals surface area contributed by atoms with Gasteiger partial charge in [-0.2, -0.15) is 0 Å². The van der Waals surface area contributed by atoms with Crippen molar-refractivity contribution in [1.82, 2.24) is 20.7 Å². The Hall–Kier alpha value is -1.15. The Bertz CT molecular complexity index is 662. The molecule has 142 valence electrons. The Morgan fingerprint density at radius 1 is 1.08 bits per heavy atom. The number of hydrogen-bond acceptors (Lipinski definition) is 4. The molecule has 1 aromatic carbocycles. The molecule has 0 aromatic heterocycles. The summed E-state index contributed by atoms with van der Waals surface area (Å²) in [5, 5.41) is 0.610. The molecule has 0 spiro atoms. The summed E-state index contributed by atoms with van der Waals surface area (Å²) in [6.45, 7) is 6.41. The van der Waals surface area contributed by atoms with Crippen molar-refractivity contribution in [3.63, 3.8) is 0 Å². The smallest absolute Gasteiger partial charge is 0.253 e. The highest BCUT2D eigenvalue weighted by atomic mass is 79.9. The lowest BCUT2D eigenvalue weighted by atomic mass is 9.99. The summed E-state index contributed by atoms with van der Waals surface area (Å²) in [5.41, 5.74) is 6.95. The third kappa shape index (κ3) is 4.06. The molecule has 8 heteroatoms. The highest BCUT2D eigenvalue weighted by molar-refractivity contribution is 9.09. The summed E-state index contributed by atoms with van der Waals surface area (Å²) in [5.74, 6) is 0.465. The van der Waals surface area contributed by atoms with Gasteiger partial charge in [0, 0.05) is 42.8 Å². The van der Waals surface area contributed by atoms with E-state index in [9.17, 15) is 9.59 Å². The molecule has 2 N–H and O–H groups in total. The first kappa shape index (κ1) is 19.6. The van der Waals surface area contributed by atoms with E-state index in [0.717, 1.165) is 0 Å². The highest BCUT2D eigenvalue weighted by Gasteiger charge is 2.42. The van der Waals surface area contributed by atoms with Crippen molar-refractivity contribution < 1.29 is 9.59 Å². The Balaban J connectivity index is 1.56. The number of nitrogens with zero attached hydrogens (tertiary/aromatic N) is 2. The molecule has 2 saturated heterocycles. The van der Waals surface area contributed by atoms with Crippen molar-refractivity contribution in [2.24, 2.45) is 5.92 Å². The van der Waals surface area contributed by atoms with E-state index in [1.54, 1.807) is 29.2 Å². The topological polar surface area (TPSA) is 64.7 Å². The Kier molecular flexibility index (Phi) is 6.22. The maximum absolute atomic E-state index is 12.8. The molecule has 26 heavy (non-hydrogen) atoms. The SMILES string of the molecule is CC(C)C1NNC(C(=O)N2CCN(C(=O)c3ccc(Cl)cc3)CC2)C1Br. The molecule has 6 nitrogen and oxygen atoms in total. The van der Waals surface area contributed by atoms with Crippen molar-refractivity contribution >= 4 is 39.3 Å². The van der Waals surface area contributed by atoms with Crippen LogP contribution in [0.5, 0.6) is 0 Å². The van der Waals surface area contributed by atoms with Gasteiger partial charge in [0.2, 0.25) is 5.91 Å². The van der Waals surface area contributed by atoms with Gasteiger partial charge < -0.3 is 9.80 Å². The molecule has 2 aliphatic rings. The molecular formula is C18H24BrClN4O2. The molecule has 3 unspecified atom stereocenters. The monoisotopic (exact) mass is 442 g/mol. The number of rotatable bonds is 3. The van der Waals surface area contributed by atoms with Crippen LogP contribution in [0.4, 0.5) is 0 Å². The zero-order valence-corrected chi connectivity index (χ0v) is 17.3. The summed E-state index contributed by atoms with van der Waals surface area (Å²) >= 11 is 9.54. The molecule has 0 bridgehead atoms. The van der Waals surface area contributed by atoms with E-state index in [0.29, 0.717) is 42.7 Å². The molecule has 2 fully saturated rings. The predicted octanol–water partition coefficient (Wildman–Crippen LogP) is 1.89. The van der Waals surface area contributed by atoms with Crippen LogP contribution in [-0.2, 0) is 4.79 Å². The van der Waals surface area contributed by atoms with Gasteiger partial charge in [0.25, 0.3) is 5.91 Å². The zero-order chi connectivity index (χ0) is 18.8. The number of nitrogens with one attached hydrogen (secondary N) is 2. The third-order valence-corrected chi connectivity index (χ3v) is 6.37. The fourth-order valence-corrected chi connectivity index (χ4v) is 4.61. The lowest BCUT2D eigenvalue weighted by Crippen LogP contribution is -2.56. The molecular weight excluding hydrogens is 420 g/mol. The number of alkyl halides is 1. The van der Waals surface area contributed by atoms with Gasteiger partial charge in [0.15, 0.2) is 0 Å². The van der Waals surface area contributed by atoms with Gasteiger partial charge >= 0.3 is 0 Å². The van der Waals surface area contributed by atoms with Gasteiger partial charge in [-0.25, -0.2) is 5.43 Å². The van der Waals surface area contributed by atoms with Gasteiger partial charge in [-0.05, 0) is 30.2 Å². The first-order valence-electron chi connectivity index (χ1n) is 8.87. The fraction of sp³-hybridized carbons (Fsp3) is 0.556. The first-order valence-corrected chi connectivity index (χ1v) is 10.2. The molecule has 2 aliphatic heterocycles. The van der Waals surface area contributed by atoms with E-state index >= 15 is 0 Å². The molecule has 1 aromatic rings. The summed E-state index contributed by atoms with van der Waals surface area (Å²) in [4.78, 5) is 29.1. The van der Waals surface area contributed by atoms with E-state index in [1.807, 2.05) is 4.90 Å². The van der Waals surface area contributed by atoms with Crippen LogP contribution in [0.2, 0.25) is 5.02 Å². The number of benzene rings is 1. The van der Waals surface area contributed by atoms with Gasteiger partial charge in [0.1, 0.15) is 6.04 Å². The number of hydrazine groups is 1. The van der Waals surface area contributed by atoms with E-state index in [2.05, 4.69) is 40.6 Å². The van der Waals surface area contributed by atoms with Crippen LogP contribution in [0.25, 0.3) is 0 Å². The van der Waals surface area contributed by atoms with Gasteiger partial charge in [-0.15, -0.1) is 0 Å². The Morgan fingerprint density at radius 2 is 1.65 bits per heavy atom.